The molecular weight excluding hydrogens is 274 g/mol. The smallest absolute Gasteiger partial charge is 0.251 e. The maximum atomic E-state index is 12.0. The lowest BCUT2D eigenvalue weighted by Gasteiger charge is -2.08. The van der Waals surface area contributed by atoms with Gasteiger partial charge in [0, 0.05) is 24.8 Å². The largest absolute Gasteiger partial charge is 0.352 e. The molecule has 1 aromatic carbocycles. The summed E-state index contributed by atoms with van der Waals surface area (Å²) in [6.45, 7) is 5.32. The highest BCUT2D eigenvalue weighted by atomic mass is 35.5. The number of nitrogens with zero attached hydrogens (tertiary/aromatic N) is 2. The van der Waals surface area contributed by atoms with Crippen molar-refractivity contribution in [1.82, 2.24) is 15.1 Å². The van der Waals surface area contributed by atoms with Crippen LogP contribution in [-0.2, 0) is 6.54 Å². The summed E-state index contributed by atoms with van der Waals surface area (Å²) >= 11 is 5.78. The molecular formula is C15H18ClN3O. The molecule has 20 heavy (non-hydrogen) atoms. The molecule has 0 unspecified atom stereocenters. The average molecular weight is 292 g/mol. The molecule has 0 aliphatic carbocycles. The first-order chi connectivity index (χ1) is 9.56. The van der Waals surface area contributed by atoms with Gasteiger partial charge in [0.1, 0.15) is 0 Å². The SMILES string of the molecule is Cc1ccc(C(=O)NCCCn2cc(Cl)cn2)c(C)c1. The molecule has 0 spiro atoms. The minimum absolute atomic E-state index is 0.0269. The topological polar surface area (TPSA) is 46.9 Å². The van der Waals surface area contributed by atoms with E-state index in [1.54, 1.807) is 17.1 Å². The van der Waals surface area contributed by atoms with Gasteiger partial charge in [-0.2, -0.15) is 5.10 Å². The van der Waals surface area contributed by atoms with Gasteiger partial charge in [0.15, 0.2) is 0 Å². The van der Waals surface area contributed by atoms with Gasteiger partial charge in [-0.15, -0.1) is 0 Å². The summed E-state index contributed by atoms with van der Waals surface area (Å²) in [6.07, 6.45) is 4.19. The standard InChI is InChI=1S/C15H18ClN3O/c1-11-4-5-14(12(2)8-11)15(20)17-6-3-7-19-10-13(16)9-18-19/h4-5,8-10H,3,6-7H2,1-2H3,(H,17,20). The third-order valence-corrected chi connectivity index (χ3v) is 3.27. The number of hydrogen-bond donors (Lipinski definition) is 1. The van der Waals surface area contributed by atoms with Crippen LogP contribution in [0.5, 0.6) is 0 Å². The minimum Gasteiger partial charge on any atom is -0.352 e. The molecule has 0 aliphatic heterocycles. The Morgan fingerprint density at radius 1 is 1.40 bits per heavy atom. The van der Waals surface area contributed by atoms with Crippen LogP contribution in [0.15, 0.2) is 30.6 Å². The van der Waals surface area contributed by atoms with E-state index in [1.165, 1.54) is 0 Å². The highest BCUT2D eigenvalue weighted by molar-refractivity contribution is 6.30. The Hall–Kier alpha value is -1.81. The second-order valence-electron chi connectivity index (χ2n) is 4.85. The van der Waals surface area contributed by atoms with Crippen LogP contribution >= 0.6 is 11.6 Å². The second kappa shape index (κ2) is 6.57. The van der Waals surface area contributed by atoms with E-state index in [0.717, 1.165) is 29.7 Å². The van der Waals surface area contributed by atoms with Crippen molar-refractivity contribution in [2.75, 3.05) is 6.54 Å². The number of amides is 1. The fourth-order valence-electron chi connectivity index (χ4n) is 2.07. The fourth-order valence-corrected chi connectivity index (χ4v) is 2.22. The van der Waals surface area contributed by atoms with Crippen LogP contribution in [0.1, 0.15) is 27.9 Å². The van der Waals surface area contributed by atoms with Gasteiger partial charge in [0.25, 0.3) is 5.91 Å². The van der Waals surface area contributed by atoms with E-state index < -0.39 is 0 Å². The van der Waals surface area contributed by atoms with Gasteiger partial charge in [0.05, 0.1) is 11.2 Å². The Bertz CT molecular complexity index is 607. The maximum Gasteiger partial charge on any atom is 0.251 e. The number of rotatable bonds is 5. The van der Waals surface area contributed by atoms with Gasteiger partial charge in [-0.3, -0.25) is 9.48 Å². The van der Waals surface area contributed by atoms with Gasteiger partial charge in [0.2, 0.25) is 0 Å². The van der Waals surface area contributed by atoms with E-state index in [0.29, 0.717) is 11.6 Å². The quantitative estimate of drug-likeness (QED) is 0.861. The monoisotopic (exact) mass is 291 g/mol. The maximum absolute atomic E-state index is 12.0. The fraction of sp³-hybridized carbons (Fsp3) is 0.333. The first-order valence-corrected chi connectivity index (χ1v) is 6.97. The Kier molecular flexibility index (Phi) is 4.79. The molecule has 0 atom stereocenters. The zero-order chi connectivity index (χ0) is 14.5. The lowest BCUT2D eigenvalue weighted by atomic mass is 10.1. The molecule has 0 saturated heterocycles. The summed E-state index contributed by atoms with van der Waals surface area (Å²) in [4.78, 5) is 12.0. The molecule has 0 fully saturated rings. The zero-order valence-corrected chi connectivity index (χ0v) is 12.4. The Labute approximate surface area is 123 Å². The van der Waals surface area contributed by atoms with Crippen molar-refractivity contribution in [2.24, 2.45) is 0 Å². The Morgan fingerprint density at radius 3 is 2.85 bits per heavy atom. The normalized spacial score (nSPS) is 10.6. The summed E-state index contributed by atoms with van der Waals surface area (Å²) in [5.41, 5.74) is 2.90. The van der Waals surface area contributed by atoms with E-state index in [1.807, 2.05) is 32.0 Å². The molecule has 4 nitrogen and oxygen atoms in total. The molecule has 0 radical (unpaired) electrons. The van der Waals surface area contributed by atoms with Gasteiger partial charge in [-0.05, 0) is 31.9 Å². The molecule has 2 rings (SSSR count). The first kappa shape index (κ1) is 14.6. The number of benzene rings is 1. The van der Waals surface area contributed by atoms with Gasteiger partial charge in [-0.1, -0.05) is 29.3 Å². The molecule has 1 heterocycles. The first-order valence-electron chi connectivity index (χ1n) is 6.59. The van der Waals surface area contributed by atoms with Gasteiger partial charge in [-0.25, -0.2) is 0 Å². The second-order valence-corrected chi connectivity index (χ2v) is 5.29. The lowest BCUT2D eigenvalue weighted by Crippen LogP contribution is -2.26. The molecule has 1 aromatic heterocycles. The summed E-state index contributed by atoms with van der Waals surface area (Å²) in [5, 5.41) is 7.64. The van der Waals surface area contributed by atoms with Gasteiger partial charge < -0.3 is 5.32 Å². The Balaban J connectivity index is 1.80. The number of halogens is 1. The molecule has 0 saturated carbocycles. The molecule has 0 bridgehead atoms. The van der Waals surface area contributed by atoms with Crippen molar-refractivity contribution in [3.05, 3.63) is 52.3 Å². The third-order valence-electron chi connectivity index (χ3n) is 3.08. The number of carbonyl (C=O) groups excluding carboxylic acids is 1. The molecule has 106 valence electrons. The molecule has 1 amide bonds. The van der Waals surface area contributed by atoms with Crippen molar-refractivity contribution in [1.29, 1.82) is 0 Å². The number of nitrogens with one attached hydrogen (secondary N) is 1. The van der Waals surface area contributed by atoms with Crippen LogP contribution in [0.3, 0.4) is 0 Å². The van der Waals surface area contributed by atoms with Crippen molar-refractivity contribution in [3.63, 3.8) is 0 Å². The van der Waals surface area contributed by atoms with Crippen LogP contribution in [0.25, 0.3) is 0 Å². The highest BCUT2D eigenvalue weighted by Gasteiger charge is 2.07. The predicted octanol–water partition coefficient (Wildman–Crippen LogP) is 2.97. The molecule has 0 aliphatic rings. The van der Waals surface area contributed by atoms with Crippen molar-refractivity contribution >= 4 is 17.5 Å². The van der Waals surface area contributed by atoms with E-state index in [-0.39, 0.29) is 5.91 Å². The molecule has 2 aromatic rings. The average Bonchev–Trinajstić information content (AvgIpc) is 2.80. The zero-order valence-electron chi connectivity index (χ0n) is 11.7. The summed E-state index contributed by atoms with van der Waals surface area (Å²) in [7, 11) is 0. The molecule has 5 heteroatoms. The number of hydrogen-bond acceptors (Lipinski definition) is 2. The number of aromatic nitrogens is 2. The van der Waals surface area contributed by atoms with Crippen LogP contribution in [0.2, 0.25) is 5.02 Å². The molecule has 1 N–H and O–H groups in total. The predicted molar refractivity (Wildman–Crippen MR) is 80.1 cm³/mol. The van der Waals surface area contributed by atoms with Crippen LogP contribution in [0, 0.1) is 13.8 Å². The summed E-state index contributed by atoms with van der Waals surface area (Å²) in [5.74, 6) is -0.0269. The minimum atomic E-state index is -0.0269. The van der Waals surface area contributed by atoms with Crippen molar-refractivity contribution in [2.45, 2.75) is 26.8 Å². The van der Waals surface area contributed by atoms with Crippen LogP contribution in [-0.4, -0.2) is 22.2 Å². The lowest BCUT2D eigenvalue weighted by molar-refractivity contribution is 0.0952. The van der Waals surface area contributed by atoms with E-state index >= 15 is 0 Å². The Morgan fingerprint density at radius 2 is 2.20 bits per heavy atom. The van der Waals surface area contributed by atoms with Crippen LogP contribution in [0.4, 0.5) is 0 Å². The number of carbonyl (C=O) groups is 1. The van der Waals surface area contributed by atoms with Gasteiger partial charge >= 0.3 is 0 Å². The van der Waals surface area contributed by atoms with Crippen molar-refractivity contribution in [3.8, 4) is 0 Å². The van der Waals surface area contributed by atoms with Crippen LogP contribution < -0.4 is 5.32 Å². The van der Waals surface area contributed by atoms with E-state index in [4.69, 9.17) is 11.6 Å². The summed E-state index contributed by atoms with van der Waals surface area (Å²) < 4.78 is 1.77. The van der Waals surface area contributed by atoms with Crippen molar-refractivity contribution < 1.29 is 4.79 Å². The third kappa shape index (κ3) is 3.84. The van der Waals surface area contributed by atoms with E-state index in [2.05, 4.69) is 10.4 Å². The number of aryl methyl sites for hydroxylation is 3. The highest BCUT2D eigenvalue weighted by Crippen LogP contribution is 2.10. The van der Waals surface area contributed by atoms with E-state index in [9.17, 15) is 4.79 Å². The summed E-state index contributed by atoms with van der Waals surface area (Å²) in [6, 6.07) is 5.83.